The average molecular weight is 417 g/mol. The first-order chi connectivity index (χ1) is 14.9. The van der Waals surface area contributed by atoms with Crippen LogP contribution in [0.4, 0.5) is 33.6 Å². The number of benzene rings is 2. The quantitative estimate of drug-likeness (QED) is 0.519. The molecule has 7 nitrogen and oxygen atoms in total. The number of rotatable bonds is 5. The minimum absolute atomic E-state index is 0.271. The summed E-state index contributed by atoms with van der Waals surface area (Å²) in [6.45, 7) is 8.01. The molecule has 3 aromatic rings. The van der Waals surface area contributed by atoms with E-state index in [-0.39, 0.29) is 6.03 Å². The van der Waals surface area contributed by atoms with Crippen LogP contribution < -0.4 is 20.9 Å². The SMILES string of the molecule is Cc1cc(C)cc(NC(=O)Nc2ccc(Nc3cc(C)nc(N4CCCC4)n3)cc2)c1. The third-order valence-corrected chi connectivity index (χ3v) is 5.13. The molecule has 0 radical (unpaired) electrons. The largest absolute Gasteiger partial charge is 0.341 e. The number of nitrogens with zero attached hydrogens (tertiary/aromatic N) is 3. The highest BCUT2D eigenvalue weighted by Gasteiger charge is 2.16. The fourth-order valence-corrected chi connectivity index (χ4v) is 3.80. The fourth-order valence-electron chi connectivity index (χ4n) is 3.80. The molecule has 0 atom stereocenters. The Morgan fingerprint density at radius 2 is 1.42 bits per heavy atom. The maximum atomic E-state index is 12.3. The molecule has 0 bridgehead atoms. The third-order valence-electron chi connectivity index (χ3n) is 5.13. The Labute approximate surface area is 182 Å². The van der Waals surface area contributed by atoms with E-state index >= 15 is 0 Å². The van der Waals surface area contributed by atoms with Gasteiger partial charge in [-0.05, 0) is 81.1 Å². The lowest BCUT2D eigenvalue weighted by molar-refractivity contribution is 0.262. The van der Waals surface area contributed by atoms with E-state index in [1.54, 1.807) is 0 Å². The molecule has 1 aliphatic heterocycles. The molecule has 1 aliphatic rings. The summed E-state index contributed by atoms with van der Waals surface area (Å²) < 4.78 is 0. The van der Waals surface area contributed by atoms with E-state index in [1.807, 2.05) is 63.2 Å². The molecule has 2 heterocycles. The molecule has 2 aromatic carbocycles. The summed E-state index contributed by atoms with van der Waals surface area (Å²) in [5.41, 5.74) is 5.54. The van der Waals surface area contributed by atoms with E-state index in [4.69, 9.17) is 0 Å². The van der Waals surface area contributed by atoms with Gasteiger partial charge >= 0.3 is 6.03 Å². The van der Waals surface area contributed by atoms with Crippen LogP contribution >= 0.6 is 0 Å². The second-order valence-electron chi connectivity index (χ2n) is 8.05. The van der Waals surface area contributed by atoms with Gasteiger partial charge < -0.3 is 20.9 Å². The lowest BCUT2D eigenvalue weighted by Gasteiger charge is -2.17. The lowest BCUT2D eigenvalue weighted by atomic mass is 10.1. The molecule has 2 amide bonds. The van der Waals surface area contributed by atoms with Crippen molar-refractivity contribution in [2.45, 2.75) is 33.6 Å². The fraction of sp³-hybridized carbons (Fsp3) is 0.292. The molecule has 0 aliphatic carbocycles. The molecule has 7 heteroatoms. The van der Waals surface area contributed by atoms with Gasteiger partial charge in [0.05, 0.1) is 0 Å². The predicted molar refractivity (Wildman–Crippen MR) is 126 cm³/mol. The zero-order chi connectivity index (χ0) is 21.8. The monoisotopic (exact) mass is 416 g/mol. The van der Waals surface area contributed by atoms with Crippen molar-refractivity contribution in [3.63, 3.8) is 0 Å². The van der Waals surface area contributed by atoms with Gasteiger partial charge in [0.25, 0.3) is 0 Å². The first kappa shape index (κ1) is 20.7. The molecule has 160 valence electrons. The van der Waals surface area contributed by atoms with Gasteiger partial charge in [0.1, 0.15) is 5.82 Å². The van der Waals surface area contributed by atoms with Gasteiger partial charge in [-0.15, -0.1) is 0 Å². The van der Waals surface area contributed by atoms with Gasteiger partial charge in [-0.25, -0.2) is 9.78 Å². The van der Waals surface area contributed by atoms with Crippen LogP contribution in [-0.2, 0) is 0 Å². The summed E-state index contributed by atoms with van der Waals surface area (Å²) in [4.78, 5) is 23.8. The van der Waals surface area contributed by atoms with Crippen molar-refractivity contribution in [3.8, 4) is 0 Å². The van der Waals surface area contributed by atoms with Crippen molar-refractivity contribution in [1.29, 1.82) is 0 Å². The second-order valence-corrected chi connectivity index (χ2v) is 8.05. The molecular weight excluding hydrogens is 388 g/mol. The van der Waals surface area contributed by atoms with Crippen LogP contribution in [0.25, 0.3) is 0 Å². The third kappa shape index (κ3) is 5.51. The Morgan fingerprint density at radius 3 is 2.10 bits per heavy atom. The van der Waals surface area contributed by atoms with Crippen LogP contribution in [0, 0.1) is 20.8 Å². The van der Waals surface area contributed by atoms with Crippen LogP contribution in [0.5, 0.6) is 0 Å². The number of aromatic nitrogens is 2. The Balaban J connectivity index is 1.38. The highest BCUT2D eigenvalue weighted by atomic mass is 16.2. The van der Waals surface area contributed by atoms with Crippen LogP contribution in [-0.4, -0.2) is 29.1 Å². The molecule has 1 saturated heterocycles. The Bertz CT molecular complexity index is 1050. The lowest BCUT2D eigenvalue weighted by Crippen LogP contribution is -2.21. The minimum atomic E-state index is -0.271. The number of nitrogens with one attached hydrogen (secondary N) is 3. The summed E-state index contributed by atoms with van der Waals surface area (Å²) in [6, 6.07) is 15.2. The highest BCUT2D eigenvalue weighted by Crippen LogP contribution is 2.22. The van der Waals surface area contributed by atoms with E-state index < -0.39 is 0 Å². The summed E-state index contributed by atoms with van der Waals surface area (Å²) in [6.07, 6.45) is 2.37. The Morgan fingerprint density at radius 1 is 0.806 bits per heavy atom. The average Bonchev–Trinajstić information content (AvgIpc) is 3.23. The van der Waals surface area contributed by atoms with Gasteiger partial charge in [-0.1, -0.05) is 6.07 Å². The second kappa shape index (κ2) is 9.04. The molecule has 1 aromatic heterocycles. The zero-order valence-corrected chi connectivity index (χ0v) is 18.2. The van der Waals surface area contributed by atoms with Crippen molar-refractivity contribution in [3.05, 3.63) is 65.4 Å². The number of hydrogen-bond donors (Lipinski definition) is 3. The molecular formula is C24H28N6O. The van der Waals surface area contributed by atoms with E-state index in [2.05, 4.69) is 36.9 Å². The number of amides is 2. The van der Waals surface area contributed by atoms with Crippen molar-refractivity contribution < 1.29 is 4.79 Å². The van der Waals surface area contributed by atoms with E-state index in [9.17, 15) is 4.79 Å². The number of urea groups is 1. The molecule has 0 spiro atoms. The Kier molecular flexibility index (Phi) is 6.02. The molecule has 0 saturated carbocycles. The number of hydrogen-bond acceptors (Lipinski definition) is 5. The predicted octanol–water partition coefficient (Wildman–Crippen LogP) is 5.39. The van der Waals surface area contributed by atoms with Crippen LogP contribution in [0.1, 0.15) is 29.7 Å². The first-order valence-corrected chi connectivity index (χ1v) is 10.6. The topological polar surface area (TPSA) is 82.2 Å². The van der Waals surface area contributed by atoms with Gasteiger partial charge in [-0.2, -0.15) is 4.98 Å². The van der Waals surface area contributed by atoms with Gasteiger partial charge in [0.15, 0.2) is 0 Å². The number of anilines is 5. The van der Waals surface area contributed by atoms with E-state index in [0.717, 1.165) is 53.1 Å². The van der Waals surface area contributed by atoms with Crippen molar-refractivity contribution >= 4 is 34.9 Å². The van der Waals surface area contributed by atoms with Crippen LogP contribution in [0.3, 0.4) is 0 Å². The highest BCUT2D eigenvalue weighted by molar-refractivity contribution is 5.99. The molecule has 0 unspecified atom stereocenters. The Hall–Kier alpha value is -3.61. The zero-order valence-electron chi connectivity index (χ0n) is 18.2. The summed E-state index contributed by atoms with van der Waals surface area (Å²) >= 11 is 0. The first-order valence-electron chi connectivity index (χ1n) is 10.6. The van der Waals surface area contributed by atoms with Crippen molar-refractivity contribution in [2.75, 3.05) is 33.9 Å². The number of carbonyl (C=O) groups is 1. The molecule has 1 fully saturated rings. The maximum absolute atomic E-state index is 12.3. The van der Waals surface area contributed by atoms with Crippen LogP contribution in [0.15, 0.2) is 48.5 Å². The number of aryl methyl sites for hydroxylation is 3. The molecule has 4 rings (SSSR count). The van der Waals surface area contributed by atoms with Gasteiger partial charge in [0.2, 0.25) is 5.95 Å². The van der Waals surface area contributed by atoms with E-state index in [1.165, 1.54) is 12.8 Å². The maximum Gasteiger partial charge on any atom is 0.323 e. The summed E-state index contributed by atoms with van der Waals surface area (Å²) in [5, 5.41) is 9.08. The normalized spacial score (nSPS) is 13.2. The van der Waals surface area contributed by atoms with Crippen molar-refractivity contribution in [1.82, 2.24) is 9.97 Å². The van der Waals surface area contributed by atoms with E-state index in [0.29, 0.717) is 5.69 Å². The van der Waals surface area contributed by atoms with Gasteiger partial charge in [-0.3, -0.25) is 0 Å². The van der Waals surface area contributed by atoms with Crippen LogP contribution in [0.2, 0.25) is 0 Å². The minimum Gasteiger partial charge on any atom is -0.341 e. The standard InChI is InChI=1S/C24H28N6O/c1-16-12-17(2)14-21(13-16)28-24(31)27-20-8-6-19(7-9-20)26-22-15-18(3)25-23(29-22)30-10-4-5-11-30/h6-9,12-15H,4-5,10-11H2,1-3H3,(H,25,26,29)(H2,27,28,31). The molecule has 31 heavy (non-hydrogen) atoms. The number of carbonyl (C=O) groups excluding carboxylic acids is 1. The van der Waals surface area contributed by atoms with Crippen molar-refractivity contribution in [2.24, 2.45) is 0 Å². The molecule has 3 N–H and O–H groups in total. The summed E-state index contributed by atoms with van der Waals surface area (Å²) in [7, 11) is 0. The smallest absolute Gasteiger partial charge is 0.323 e. The summed E-state index contributed by atoms with van der Waals surface area (Å²) in [5.74, 6) is 1.55. The van der Waals surface area contributed by atoms with Gasteiger partial charge in [0, 0.05) is 41.9 Å².